The van der Waals surface area contributed by atoms with E-state index in [9.17, 15) is 23.8 Å². The summed E-state index contributed by atoms with van der Waals surface area (Å²) in [6.07, 6.45) is 36.7. The Morgan fingerprint density at radius 3 is 1.42 bits per heavy atom. The molecule has 0 aliphatic rings. The number of nitrogens with two attached hydrogens (primary N) is 1. The molecule has 53 heavy (non-hydrogen) atoms. The van der Waals surface area contributed by atoms with Gasteiger partial charge in [-0.25, -0.2) is 4.57 Å². The zero-order valence-corrected chi connectivity index (χ0v) is 34.3. The van der Waals surface area contributed by atoms with E-state index < -0.39 is 51.1 Å². The molecule has 0 saturated carbocycles. The Bertz CT molecular complexity index is 1010. The molecular formula is C41H76NO10P. The average Bonchev–Trinajstić information content (AvgIpc) is 3.13. The number of carboxylic acid groups (broad SMARTS) is 1. The standard InChI is InChI=1S/C41H76NO10P/c1-3-5-7-9-11-13-15-17-18-19-20-21-23-24-26-28-30-32-39(43)49-34-37(35-50-53(47,48)51-36-38(42)41(45)46)52-40(44)33-31-29-27-25-22-16-14-12-10-8-6-4-2/h12-15,37-38H,3-11,16-36,42H2,1-2H3,(H,45,46)(H,47,48)/b14-12+,15-13+/t37-,38+/m0/s1. The van der Waals surface area contributed by atoms with Crippen LogP contribution in [0.1, 0.15) is 187 Å². The summed E-state index contributed by atoms with van der Waals surface area (Å²) in [7, 11) is -4.71. The average molecular weight is 774 g/mol. The Kier molecular flexibility index (Phi) is 35.5. The van der Waals surface area contributed by atoms with Crippen LogP contribution in [0.15, 0.2) is 24.3 Å². The molecule has 0 fully saturated rings. The number of phosphoric ester groups is 1. The molecule has 0 heterocycles. The minimum Gasteiger partial charge on any atom is -0.480 e. The molecule has 310 valence electrons. The van der Waals surface area contributed by atoms with Crippen molar-refractivity contribution >= 4 is 25.7 Å². The lowest BCUT2D eigenvalue weighted by molar-refractivity contribution is -0.161. The summed E-state index contributed by atoms with van der Waals surface area (Å²) >= 11 is 0. The number of hydrogen-bond acceptors (Lipinski definition) is 9. The number of ether oxygens (including phenoxy) is 2. The first-order valence-corrected chi connectivity index (χ1v) is 22.4. The van der Waals surface area contributed by atoms with Gasteiger partial charge in [0.25, 0.3) is 0 Å². The number of allylic oxidation sites excluding steroid dienone is 4. The van der Waals surface area contributed by atoms with Crippen LogP contribution < -0.4 is 5.73 Å². The minimum absolute atomic E-state index is 0.152. The Morgan fingerprint density at radius 2 is 0.943 bits per heavy atom. The quantitative estimate of drug-likeness (QED) is 0.0235. The summed E-state index contributed by atoms with van der Waals surface area (Å²) in [4.78, 5) is 45.8. The maximum Gasteiger partial charge on any atom is 0.472 e. The molecule has 12 heteroatoms. The van der Waals surface area contributed by atoms with Gasteiger partial charge in [0.1, 0.15) is 12.6 Å². The third-order valence-electron chi connectivity index (χ3n) is 8.92. The van der Waals surface area contributed by atoms with Gasteiger partial charge in [-0.1, -0.05) is 134 Å². The highest BCUT2D eigenvalue weighted by Gasteiger charge is 2.28. The Morgan fingerprint density at radius 1 is 0.566 bits per heavy atom. The van der Waals surface area contributed by atoms with E-state index in [1.165, 1.54) is 89.9 Å². The summed E-state index contributed by atoms with van der Waals surface area (Å²) in [6.45, 7) is 2.75. The highest BCUT2D eigenvalue weighted by Crippen LogP contribution is 2.43. The molecule has 0 saturated heterocycles. The van der Waals surface area contributed by atoms with Crippen LogP contribution >= 0.6 is 7.82 Å². The zero-order chi connectivity index (χ0) is 39.3. The van der Waals surface area contributed by atoms with Crippen LogP contribution in [-0.4, -0.2) is 59.9 Å². The first-order valence-electron chi connectivity index (χ1n) is 20.9. The van der Waals surface area contributed by atoms with Crippen molar-refractivity contribution in [3.63, 3.8) is 0 Å². The third kappa shape index (κ3) is 36.7. The van der Waals surface area contributed by atoms with Gasteiger partial charge in [-0.05, 0) is 64.2 Å². The number of esters is 2. The molecule has 0 radical (unpaired) electrons. The van der Waals surface area contributed by atoms with Gasteiger partial charge in [0.2, 0.25) is 0 Å². The van der Waals surface area contributed by atoms with E-state index in [0.717, 1.165) is 57.8 Å². The molecule has 0 amide bonds. The van der Waals surface area contributed by atoms with Gasteiger partial charge in [0, 0.05) is 12.8 Å². The van der Waals surface area contributed by atoms with Crippen LogP contribution in [0.25, 0.3) is 0 Å². The van der Waals surface area contributed by atoms with Gasteiger partial charge >= 0.3 is 25.7 Å². The highest BCUT2D eigenvalue weighted by molar-refractivity contribution is 7.47. The predicted molar refractivity (Wildman–Crippen MR) is 212 cm³/mol. The van der Waals surface area contributed by atoms with Crippen LogP contribution in [0, 0.1) is 0 Å². The topological polar surface area (TPSA) is 172 Å². The van der Waals surface area contributed by atoms with Crippen LogP contribution in [0.4, 0.5) is 0 Å². The van der Waals surface area contributed by atoms with Gasteiger partial charge in [-0.3, -0.25) is 23.4 Å². The summed E-state index contributed by atoms with van der Waals surface area (Å²) < 4.78 is 32.6. The monoisotopic (exact) mass is 774 g/mol. The van der Waals surface area contributed by atoms with Gasteiger partial charge in [-0.2, -0.15) is 0 Å². The summed E-state index contributed by atoms with van der Waals surface area (Å²) in [5.41, 5.74) is 5.32. The second-order valence-corrected chi connectivity index (χ2v) is 15.6. The van der Waals surface area contributed by atoms with Crippen molar-refractivity contribution < 1.29 is 47.5 Å². The van der Waals surface area contributed by atoms with E-state index in [2.05, 4.69) is 42.7 Å². The Labute approximate surface area is 321 Å². The van der Waals surface area contributed by atoms with Crippen molar-refractivity contribution in [2.24, 2.45) is 5.73 Å². The largest absolute Gasteiger partial charge is 0.480 e. The van der Waals surface area contributed by atoms with E-state index in [0.29, 0.717) is 12.8 Å². The molecule has 0 aromatic rings. The van der Waals surface area contributed by atoms with Crippen molar-refractivity contribution in [1.29, 1.82) is 0 Å². The number of phosphoric acid groups is 1. The smallest absolute Gasteiger partial charge is 0.472 e. The fraction of sp³-hybridized carbons (Fsp3) is 0.829. The van der Waals surface area contributed by atoms with Crippen LogP contribution in [-0.2, 0) is 37.5 Å². The van der Waals surface area contributed by atoms with Crippen LogP contribution in [0.3, 0.4) is 0 Å². The first kappa shape index (κ1) is 51.0. The lowest BCUT2D eigenvalue weighted by atomic mass is 10.1. The van der Waals surface area contributed by atoms with E-state index in [1.54, 1.807) is 0 Å². The van der Waals surface area contributed by atoms with Gasteiger partial charge in [0.15, 0.2) is 6.10 Å². The maximum absolute atomic E-state index is 12.6. The van der Waals surface area contributed by atoms with Gasteiger partial charge < -0.3 is 25.2 Å². The van der Waals surface area contributed by atoms with Crippen molar-refractivity contribution in [2.75, 3.05) is 19.8 Å². The molecule has 0 aliphatic heterocycles. The van der Waals surface area contributed by atoms with E-state index in [1.807, 2.05) is 0 Å². The number of unbranched alkanes of at least 4 members (excludes halogenated alkanes) is 21. The molecule has 0 bridgehead atoms. The van der Waals surface area contributed by atoms with Crippen molar-refractivity contribution in [3.8, 4) is 0 Å². The van der Waals surface area contributed by atoms with Crippen molar-refractivity contribution in [1.82, 2.24) is 0 Å². The minimum atomic E-state index is -4.71. The summed E-state index contributed by atoms with van der Waals surface area (Å²) in [6, 6.07) is -1.52. The number of carboxylic acids is 1. The molecule has 0 spiro atoms. The molecule has 11 nitrogen and oxygen atoms in total. The molecular weight excluding hydrogens is 697 g/mol. The Hall–Kier alpha value is -2.04. The fourth-order valence-electron chi connectivity index (χ4n) is 5.58. The predicted octanol–water partition coefficient (Wildman–Crippen LogP) is 10.7. The normalized spacial score (nSPS) is 14.0. The summed E-state index contributed by atoms with van der Waals surface area (Å²) in [5, 5.41) is 8.87. The van der Waals surface area contributed by atoms with Crippen LogP contribution in [0.5, 0.6) is 0 Å². The number of aliphatic carboxylic acids is 1. The highest BCUT2D eigenvalue weighted by atomic mass is 31.2. The number of rotatable bonds is 39. The zero-order valence-electron chi connectivity index (χ0n) is 33.4. The molecule has 0 aromatic carbocycles. The maximum atomic E-state index is 12.6. The molecule has 4 N–H and O–H groups in total. The fourth-order valence-corrected chi connectivity index (χ4v) is 6.36. The molecule has 0 aliphatic carbocycles. The van der Waals surface area contributed by atoms with Crippen molar-refractivity contribution in [3.05, 3.63) is 24.3 Å². The van der Waals surface area contributed by atoms with Crippen molar-refractivity contribution in [2.45, 2.75) is 199 Å². The lowest BCUT2D eigenvalue weighted by Crippen LogP contribution is -2.34. The molecule has 0 aromatic heterocycles. The van der Waals surface area contributed by atoms with E-state index in [4.69, 9.17) is 24.8 Å². The lowest BCUT2D eigenvalue weighted by Gasteiger charge is -2.20. The second-order valence-electron chi connectivity index (χ2n) is 14.1. The number of carbonyl (C=O) groups excluding carboxylic acids is 2. The van der Waals surface area contributed by atoms with E-state index in [-0.39, 0.29) is 19.4 Å². The SMILES string of the molecule is CCCCC/C=C/CCCCCCCC(=O)O[C@@H](COC(=O)CCCCCCCCCCC/C=C/CCCCCC)COP(=O)(O)OC[C@@H](N)C(=O)O. The number of hydrogen-bond donors (Lipinski definition) is 3. The Balaban J connectivity index is 4.36. The second kappa shape index (κ2) is 36.9. The van der Waals surface area contributed by atoms with Gasteiger partial charge in [0.05, 0.1) is 13.2 Å². The number of carbonyl (C=O) groups is 3. The van der Waals surface area contributed by atoms with E-state index >= 15 is 0 Å². The van der Waals surface area contributed by atoms with Crippen LogP contribution in [0.2, 0.25) is 0 Å². The molecule has 0 rings (SSSR count). The first-order chi connectivity index (χ1) is 25.6. The molecule has 1 unspecified atom stereocenters. The third-order valence-corrected chi connectivity index (χ3v) is 9.87. The molecule has 3 atom stereocenters. The van der Waals surface area contributed by atoms with Gasteiger partial charge in [-0.15, -0.1) is 0 Å². The summed E-state index contributed by atoms with van der Waals surface area (Å²) in [5.74, 6) is -2.39.